The van der Waals surface area contributed by atoms with E-state index in [-0.39, 0.29) is 12.0 Å². The van der Waals surface area contributed by atoms with Crippen molar-refractivity contribution in [2.75, 3.05) is 25.0 Å². The smallest absolute Gasteiger partial charge is 0.251 e. The Morgan fingerprint density at radius 2 is 1.84 bits per heavy atom. The number of ether oxygens (including phenoxy) is 1. The number of halogens is 1. The average Bonchev–Trinajstić information content (AvgIpc) is 3.03. The highest BCUT2D eigenvalue weighted by Crippen LogP contribution is 2.40. The molecule has 4 heterocycles. The van der Waals surface area contributed by atoms with Crippen LogP contribution in [0.1, 0.15) is 39.9 Å². The molecule has 3 aromatic rings. The first kappa shape index (κ1) is 23.2. The molecule has 1 fully saturated rings. The molecule has 3 N–H and O–H groups in total. The Bertz CT molecular complexity index is 1490. The largest absolute Gasteiger partial charge is 0.489 e. The normalized spacial score (nSPS) is 16.9. The molecule has 8 heteroatoms. The summed E-state index contributed by atoms with van der Waals surface area (Å²) in [6, 6.07) is 13.1. The lowest BCUT2D eigenvalue weighted by atomic mass is 9.89. The molecule has 1 amide bonds. The Kier molecular flexibility index (Phi) is 5.85. The first-order chi connectivity index (χ1) is 18.0. The second-order valence-electron chi connectivity index (χ2n) is 9.69. The molecule has 37 heavy (non-hydrogen) atoms. The fourth-order valence-electron chi connectivity index (χ4n) is 5.33. The number of carbonyl (C=O) groups excluding carboxylic acids is 1. The molecule has 2 aromatic carbocycles. The summed E-state index contributed by atoms with van der Waals surface area (Å²) in [7, 11) is 0. The number of hydrogen-bond acceptors (Lipinski definition) is 6. The van der Waals surface area contributed by atoms with Gasteiger partial charge < -0.3 is 20.7 Å². The number of nitrogens with zero attached hydrogens (tertiary/aromatic N) is 2. The van der Waals surface area contributed by atoms with Crippen LogP contribution >= 0.6 is 0 Å². The molecule has 186 valence electrons. The first-order valence-electron chi connectivity index (χ1n) is 12.5. The van der Waals surface area contributed by atoms with Crippen molar-refractivity contribution in [1.29, 1.82) is 5.26 Å². The standard InChI is InChI=1S/C29H26FN5O2/c1-16-10-19-13-24-18(4-9-33-29(24)36)12-22(19)25-14-23(27(30)35-28(25)34-16)17-2-3-26(20(11-17)15-31)37-21-5-7-32-8-6-21/h2-3,11-14,21,32H,1,4-10H2,(H,33,36)(H,34,35). The number of nitriles is 1. The van der Waals surface area contributed by atoms with Gasteiger partial charge in [-0.15, -0.1) is 0 Å². The Morgan fingerprint density at radius 3 is 2.65 bits per heavy atom. The lowest BCUT2D eigenvalue weighted by Gasteiger charge is -2.24. The SMILES string of the molecule is C=C1Cc2cc3c(cc2-c2cc(-c4ccc(OC5CCNCC5)c(C#N)c4)c(F)nc2N1)CCNC3=O. The minimum Gasteiger partial charge on any atom is -0.489 e. The van der Waals surface area contributed by atoms with Crippen molar-refractivity contribution in [3.63, 3.8) is 0 Å². The summed E-state index contributed by atoms with van der Waals surface area (Å²) in [4.78, 5) is 16.7. The summed E-state index contributed by atoms with van der Waals surface area (Å²) in [6.45, 7) is 6.41. The molecular formula is C29H26FN5O2. The van der Waals surface area contributed by atoms with Crippen molar-refractivity contribution < 1.29 is 13.9 Å². The summed E-state index contributed by atoms with van der Waals surface area (Å²) in [5.74, 6) is 0.169. The van der Waals surface area contributed by atoms with E-state index in [4.69, 9.17) is 4.74 Å². The van der Waals surface area contributed by atoms with Crippen molar-refractivity contribution in [2.45, 2.75) is 31.8 Å². The van der Waals surface area contributed by atoms with Gasteiger partial charge in [0.1, 0.15) is 23.7 Å². The number of allylic oxidation sites excluding steroid dienone is 1. The summed E-state index contributed by atoms with van der Waals surface area (Å²) in [5, 5.41) is 19.1. The molecule has 7 nitrogen and oxygen atoms in total. The zero-order valence-electron chi connectivity index (χ0n) is 20.3. The van der Waals surface area contributed by atoms with Crippen LogP contribution in [0.25, 0.3) is 22.3 Å². The van der Waals surface area contributed by atoms with E-state index in [2.05, 4.69) is 33.6 Å². The van der Waals surface area contributed by atoms with Gasteiger partial charge in [-0.1, -0.05) is 12.6 Å². The van der Waals surface area contributed by atoms with Crippen LogP contribution in [0.2, 0.25) is 0 Å². The third-order valence-corrected chi connectivity index (χ3v) is 7.21. The van der Waals surface area contributed by atoms with Gasteiger partial charge in [-0.25, -0.2) is 4.98 Å². The highest BCUT2D eigenvalue weighted by molar-refractivity contribution is 5.98. The molecule has 0 bridgehead atoms. The van der Waals surface area contributed by atoms with Crippen molar-refractivity contribution in [1.82, 2.24) is 15.6 Å². The molecule has 1 saturated heterocycles. The molecular weight excluding hydrogens is 469 g/mol. The summed E-state index contributed by atoms with van der Waals surface area (Å²) in [6.07, 6.45) is 3.01. The Labute approximate surface area is 214 Å². The number of amides is 1. The molecule has 1 aromatic heterocycles. The van der Waals surface area contributed by atoms with E-state index >= 15 is 4.39 Å². The Balaban J connectivity index is 1.43. The molecule has 6 rings (SSSR count). The predicted octanol–water partition coefficient (Wildman–Crippen LogP) is 4.32. The van der Waals surface area contributed by atoms with Gasteiger partial charge in [0.05, 0.1) is 5.56 Å². The molecule has 3 aliphatic heterocycles. The predicted molar refractivity (Wildman–Crippen MR) is 139 cm³/mol. The van der Waals surface area contributed by atoms with Crippen LogP contribution in [0.3, 0.4) is 0 Å². The van der Waals surface area contributed by atoms with Crippen molar-refractivity contribution in [3.05, 3.63) is 76.9 Å². The van der Waals surface area contributed by atoms with E-state index in [9.17, 15) is 10.1 Å². The highest BCUT2D eigenvalue weighted by atomic mass is 19.1. The molecule has 0 atom stereocenters. The van der Waals surface area contributed by atoms with Crippen LogP contribution in [0.15, 0.2) is 48.7 Å². The van der Waals surface area contributed by atoms with Crippen LogP contribution in [-0.2, 0) is 12.8 Å². The fourth-order valence-corrected chi connectivity index (χ4v) is 5.33. The molecule has 0 spiro atoms. The summed E-state index contributed by atoms with van der Waals surface area (Å²) >= 11 is 0. The van der Waals surface area contributed by atoms with Gasteiger partial charge in [-0.3, -0.25) is 4.79 Å². The van der Waals surface area contributed by atoms with Crippen LogP contribution in [0, 0.1) is 17.3 Å². The van der Waals surface area contributed by atoms with Crippen molar-refractivity contribution >= 4 is 11.7 Å². The van der Waals surface area contributed by atoms with E-state index in [1.807, 2.05) is 12.1 Å². The number of benzene rings is 2. The summed E-state index contributed by atoms with van der Waals surface area (Å²) < 4.78 is 21.5. The zero-order chi connectivity index (χ0) is 25.5. The van der Waals surface area contributed by atoms with Crippen molar-refractivity contribution in [3.8, 4) is 34.1 Å². The maximum Gasteiger partial charge on any atom is 0.251 e. The number of pyridine rings is 1. The van der Waals surface area contributed by atoms with Gasteiger partial charge in [0, 0.05) is 35.4 Å². The average molecular weight is 496 g/mol. The number of nitrogens with one attached hydrogen (secondary N) is 3. The van der Waals surface area contributed by atoms with E-state index in [0.29, 0.717) is 52.5 Å². The fraction of sp³-hybridized carbons (Fsp3) is 0.276. The molecule has 0 unspecified atom stereocenters. The van der Waals surface area contributed by atoms with E-state index in [1.54, 1.807) is 24.3 Å². The van der Waals surface area contributed by atoms with Crippen LogP contribution in [0.5, 0.6) is 5.75 Å². The van der Waals surface area contributed by atoms with Gasteiger partial charge in [-0.2, -0.15) is 9.65 Å². The Morgan fingerprint density at radius 1 is 1.03 bits per heavy atom. The summed E-state index contributed by atoms with van der Waals surface area (Å²) in [5.41, 5.74) is 6.04. The van der Waals surface area contributed by atoms with Gasteiger partial charge in [0.2, 0.25) is 5.95 Å². The van der Waals surface area contributed by atoms with Gasteiger partial charge in [-0.05, 0) is 84.9 Å². The second-order valence-corrected chi connectivity index (χ2v) is 9.69. The Hall–Kier alpha value is -4.22. The van der Waals surface area contributed by atoms with Crippen LogP contribution in [0.4, 0.5) is 10.2 Å². The van der Waals surface area contributed by atoms with Crippen LogP contribution < -0.4 is 20.7 Å². The topological polar surface area (TPSA) is 99.1 Å². The minimum atomic E-state index is -0.643. The van der Waals surface area contributed by atoms with Crippen molar-refractivity contribution in [2.24, 2.45) is 0 Å². The van der Waals surface area contributed by atoms with Gasteiger partial charge >= 0.3 is 0 Å². The maximum absolute atomic E-state index is 15.4. The monoisotopic (exact) mass is 495 g/mol. The molecule has 0 saturated carbocycles. The molecule has 3 aliphatic rings. The van der Waals surface area contributed by atoms with E-state index in [0.717, 1.165) is 54.6 Å². The lowest BCUT2D eigenvalue weighted by molar-refractivity contribution is 0.0946. The minimum absolute atomic E-state index is 0.0498. The van der Waals surface area contributed by atoms with Gasteiger partial charge in [0.15, 0.2) is 0 Å². The molecule has 0 aliphatic carbocycles. The number of fused-ring (bicyclic) bond motifs is 4. The third kappa shape index (κ3) is 4.32. The first-order valence-corrected chi connectivity index (χ1v) is 12.5. The quantitative estimate of drug-likeness (QED) is 0.468. The maximum atomic E-state index is 15.4. The molecule has 0 radical (unpaired) electrons. The van der Waals surface area contributed by atoms with E-state index < -0.39 is 5.95 Å². The highest BCUT2D eigenvalue weighted by Gasteiger charge is 2.26. The number of rotatable bonds is 3. The number of hydrogen-bond donors (Lipinski definition) is 3. The lowest BCUT2D eigenvalue weighted by Crippen LogP contribution is -2.34. The third-order valence-electron chi connectivity index (χ3n) is 7.21. The van der Waals surface area contributed by atoms with Crippen LogP contribution in [-0.4, -0.2) is 36.6 Å². The second kappa shape index (κ2) is 9.34. The number of anilines is 1. The number of carbonyl (C=O) groups is 1. The van der Waals surface area contributed by atoms with E-state index in [1.165, 1.54) is 0 Å². The zero-order valence-corrected chi connectivity index (χ0v) is 20.3. The number of aromatic nitrogens is 1. The van der Waals surface area contributed by atoms with Gasteiger partial charge in [0.25, 0.3) is 5.91 Å². The number of piperidine rings is 1.